The molecule has 1 heterocycles. The van der Waals surface area contributed by atoms with E-state index in [0.29, 0.717) is 5.41 Å². The fraction of sp³-hybridized carbons (Fsp3) is 1.00. The van der Waals surface area contributed by atoms with Gasteiger partial charge in [0.05, 0.1) is 0 Å². The van der Waals surface area contributed by atoms with Gasteiger partial charge in [-0.05, 0) is 62.6 Å². The van der Waals surface area contributed by atoms with Gasteiger partial charge in [0.25, 0.3) is 0 Å². The maximum atomic E-state index is 5.73. The molecule has 1 aliphatic rings. The highest BCUT2D eigenvalue weighted by atomic mass is 15.1. The van der Waals surface area contributed by atoms with Crippen LogP contribution in [-0.4, -0.2) is 31.1 Å². The summed E-state index contributed by atoms with van der Waals surface area (Å²) in [7, 11) is 0. The number of hydrogen-bond donors (Lipinski definition) is 1. The molecule has 0 aromatic carbocycles. The van der Waals surface area contributed by atoms with Crippen molar-refractivity contribution in [3.05, 3.63) is 0 Å². The van der Waals surface area contributed by atoms with E-state index < -0.39 is 0 Å². The SMILES string of the molecule is CC1CCN(CCCC(CCN)C(C)(C)C)C1. The van der Waals surface area contributed by atoms with Gasteiger partial charge < -0.3 is 10.6 Å². The van der Waals surface area contributed by atoms with Crippen molar-refractivity contribution in [2.45, 2.75) is 53.4 Å². The van der Waals surface area contributed by atoms with Crippen LogP contribution in [0.3, 0.4) is 0 Å². The molecular formula is C15H32N2. The lowest BCUT2D eigenvalue weighted by Gasteiger charge is -2.31. The molecule has 2 N–H and O–H groups in total. The predicted molar refractivity (Wildman–Crippen MR) is 76.1 cm³/mol. The largest absolute Gasteiger partial charge is 0.330 e. The van der Waals surface area contributed by atoms with Gasteiger partial charge in [0, 0.05) is 6.54 Å². The third-order valence-corrected chi connectivity index (χ3v) is 4.27. The molecule has 0 amide bonds. The number of hydrogen-bond acceptors (Lipinski definition) is 2. The Bertz CT molecular complexity index is 207. The van der Waals surface area contributed by atoms with Crippen molar-refractivity contribution in [1.29, 1.82) is 0 Å². The molecule has 2 heteroatoms. The molecule has 2 nitrogen and oxygen atoms in total. The van der Waals surface area contributed by atoms with Crippen LogP contribution >= 0.6 is 0 Å². The lowest BCUT2D eigenvalue weighted by Crippen LogP contribution is -2.26. The Balaban J connectivity index is 2.23. The Labute approximate surface area is 108 Å². The molecule has 0 saturated carbocycles. The summed E-state index contributed by atoms with van der Waals surface area (Å²) >= 11 is 0. The van der Waals surface area contributed by atoms with Gasteiger partial charge in [-0.1, -0.05) is 27.7 Å². The number of nitrogens with two attached hydrogens (primary N) is 1. The van der Waals surface area contributed by atoms with Crippen molar-refractivity contribution in [3.8, 4) is 0 Å². The fourth-order valence-electron chi connectivity index (χ4n) is 3.00. The summed E-state index contributed by atoms with van der Waals surface area (Å²) in [5.41, 5.74) is 6.14. The molecule has 0 aliphatic carbocycles. The first-order chi connectivity index (χ1) is 7.93. The van der Waals surface area contributed by atoms with Crippen LogP contribution in [-0.2, 0) is 0 Å². The third kappa shape index (κ3) is 5.39. The molecule has 1 aliphatic heterocycles. The van der Waals surface area contributed by atoms with Crippen LogP contribution in [0.25, 0.3) is 0 Å². The summed E-state index contributed by atoms with van der Waals surface area (Å²) in [6, 6.07) is 0. The van der Waals surface area contributed by atoms with Gasteiger partial charge in [0.2, 0.25) is 0 Å². The van der Waals surface area contributed by atoms with Gasteiger partial charge in [0.15, 0.2) is 0 Å². The minimum atomic E-state index is 0.414. The quantitative estimate of drug-likeness (QED) is 0.773. The summed E-state index contributed by atoms with van der Waals surface area (Å²) in [6.07, 6.45) is 5.26. The summed E-state index contributed by atoms with van der Waals surface area (Å²) in [4.78, 5) is 2.63. The Morgan fingerprint density at radius 3 is 2.47 bits per heavy atom. The summed E-state index contributed by atoms with van der Waals surface area (Å²) in [6.45, 7) is 14.2. The highest BCUT2D eigenvalue weighted by Gasteiger charge is 2.24. The molecule has 102 valence electrons. The fourth-order valence-corrected chi connectivity index (χ4v) is 3.00. The van der Waals surface area contributed by atoms with Crippen LogP contribution in [0.2, 0.25) is 0 Å². The molecule has 0 aromatic rings. The smallest absolute Gasteiger partial charge is 0.000750 e. The van der Waals surface area contributed by atoms with Gasteiger partial charge in [-0.15, -0.1) is 0 Å². The van der Waals surface area contributed by atoms with Crippen molar-refractivity contribution in [2.75, 3.05) is 26.2 Å². The van der Waals surface area contributed by atoms with E-state index in [1.807, 2.05) is 0 Å². The monoisotopic (exact) mass is 240 g/mol. The van der Waals surface area contributed by atoms with E-state index in [-0.39, 0.29) is 0 Å². The zero-order chi connectivity index (χ0) is 12.9. The van der Waals surface area contributed by atoms with Gasteiger partial charge >= 0.3 is 0 Å². The zero-order valence-corrected chi connectivity index (χ0v) is 12.3. The van der Waals surface area contributed by atoms with Crippen LogP contribution in [0.5, 0.6) is 0 Å². The molecule has 0 radical (unpaired) electrons. The topological polar surface area (TPSA) is 29.3 Å². The molecule has 2 unspecified atom stereocenters. The molecule has 2 atom stereocenters. The van der Waals surface area contributed by atoms with E-state index >= 15 is 0 Å². The molecular weight excluding hydrogens is 208 g/mol. The summed E-state index contributed by atoms with van der Waals surface area (Å²) in [5.74, 6) is 1.70. The average molecular weight is 240 g/mol. The number of likely N-dealkylation sites (tertiary alicyclic amines) is 1. The number of rotatable bonds is 6. The van der Waals surface area contributed by atoms with Crippen LogP contribution in [0.4, 0.5) is 0 Å². The normalized spacial score (nSPS) is 24.2. The van der Waals surface area contributed by atoms with Gasteiger partial charge in [0.1, 0.15) is 0 Å². The van der Waals surface area contributed by atoms with E-state index in [1.54, 1.807) is 0 Å². The highest BCUT2D eigenvalue weighted by molar-refractivity contribution is 4.76. The summed E-state index contributed by atoms with van der Waals surface area (Å²) in [5, 5.41) is 0. The highest BCUT2D eigenvalue weighted by Crippen LogP contribution is 2.32. The van der Waals surface area contributed by atoms with Gasteiger partial charge in [-0.25, -0.2) is 0 Å². The second kappa shape index (κ2) is 6.75. The predicted octanol–water partition coefficient (Wildman–Crippen LogP) is 3.12. The van der Waals surface area contributed by atoms with Crippen LogP contribution in [0.1, 0.15) is 53.4 Å². The first-order valence-electron chi connectivity index (χ1n) is 7.36. The molecule has 0 aromatic heterocycles. The first kappa shape index (κ1) is 15.0. The Morgan fingerprint density at radius 2 is 2.00 bits per heavy atom. The van der Waals surface area contributed by atoms with Gasteiger partial charge in [-0.2, -0.15) is 0 Å². The third-order valence-electron chi connectivity index (χ3n) is 4.27. The lowest BCUT2D eigenvalue weighted by atomic mass is 9.76. The van der Waals surface area contributed by atoms with E-state index in [9.17, 15) is 0 Å². The van der Waals surface area contributed by atoms with Crippen molar-refractivity contribution in [1.82, 2.24) is 4.90 Å². The molecule has 1 fully saturated rings. The molecule has 1 rings (SSSR count). The van der Waals surface area contributed by atoms with Crippen molar-refractivity contribution < 1.29 is 0 Å². The Hall–Kier alpha value is -0.0800. The standard InChI is InChI=1S/C15H32N2/c1-13-8-11-17(12-13)10-5-6-14(7-9-16)15(2,3)4/h13-14H,5-12,16H2,1-4H3. The van der Waals surface area contributed by atoms with Crippen molar-refractivity contribution in [3.63, 3.8) is 0 Å². The van der Waals surface area contributed by atoms with Crippen LogP contribution in [0, 0.1) is 17.3 Å². The molecule has 0 bridgehead atoms. The summed E-state index contributed by atoms with van der Waals surface area (Å²) < 4.78 is 0. The van der Waals surface area contributed by atoms with E-state index in [2.05, 4.69) is 32.6 Å². The second-order valence-corrected chi connectivity index (χ2v) is 6.98. The molecule has 1 saturated heterocycles. The Kier molecular flexibility index (Phi) is 5.94. The van der Waals surface area contributed by atoms with E-state index in [0.717, 1.165) is 18.4 Å². The minimum Gasteiger partial charge on any atom is -0.330 e. The average Bonchev–Trinajstić information content (AvgIpc) is 2.61. The second-order valence-electron chi connectivity index (χ2n) is 6.98. The molecule has 17 heavy (non-hydrogen) atoms. The lowest BCUT2D eigenvalue weighted by molar-refractivity contribution is 0.199. The Morgan fingerprint density at radius 1 is 1.29 bits per heavy atom. The maximum Gasteiger partial charge on any atom is 0.000750 e. The van der Waals surface area contributed by atoms with Crippen LogP contribution < -0.4 is 5.73 Å². The number of nitrogens with zero attached hydrogens (tertiary/aromatic N) is 1. The van der Waals surface area contributed by atoms with Crippen molar-refractivity contribution in [2.24, 2.45) is 23.0 Å². The van der Waals surface area contributed by atoms with Crippen molar-refractivity contribution >= 4 is 0 Å². The first-order valence-corrected chi connectivity index (χ1v) is 7.36. The van der Waals surface area contributed by atoms with E-state index in [4.69, 9.17) is 5.73 Å². The van der Waals surface area contributed by atoms with Gasteiger partial charge in [-0.3, -0.25) is 0 Å². The maximum absolute atomic E-state index is 5.73. The zero-order valence-electron chi connectivity index (χ0n) is 12.3. The van der Waals surface area contributed by atoms with E-state index in [1.165, 1.54) is 45.3 Å². The molecule has 0 spiro atoms. The minimum absolute atomic E-state index is 0.414. The van der Waals surface area contributed by atoms with Crippen LogP contribution in [0.15, 0.2) is 0 Å².